The highest BCUT2D eigenvalue weighted by Gasteiger charge is 2.30. The van der Waals surface area contributed by atoms with Crippen LogP contribution in [0.15, 0.2) is 24.5 Å². The molecule has 0 spiro atoms. The second-order valence-electron chi connectivity index (χ2n) is 9.59. The van der Waals surface area contributed by atoms with Gasteiger partial charge in [0.05, 0.1) is 19.9 Å². The average Bonchev–Trinajstić information content (AvgIpc) is 3.56. The summed E-state index contributed by atoms with van der Waals surface area (Å²) in [6.45, 7) is 2.99. The van der Waals surface area contributed by atoms with Gasteiger partial charge in [-0.05, 0) is 43.7 Å². The van der Waals surface area contributed by atoms with Crippen LogP contribution in [0.2, 0.25) is 0 Å². The largest absolute Gasteiger partial charge is 0.497 e. The van der Waals surface area contributed by atoms with Gasteiger partial charge in [0, 0.05) is 44.1 Å². The third-order valence-corrected chi connectivity index (χ3v) is 7.18. The van der Waals surface area contributed by atoms with E-state index in [-0.39, 0.29) is 17.9 Å². The van der Waals surface area contributed by atoms with Crippen LogP contribution >= 0.6 is 0 Å². The smallest absolute Gasteiger partial charge is 0.254 e. The number of aryl methyl sites for hydroxylation is 1. The van der Waals surface area contributed by atoms with E-state index in [0.29, 0.717) is 23.7 Å². The summed E-state index contributed by atoms with van der Waals surface area (Å²) in [6.07, 6.45) is 6.51. The highest BCUT2D eigenvalue weighted by atomic mass is 16.5. The fourth-order valence-electron chi connectivity index (χ4n) is 5.36. The zero-order valence-corrected chi connectivity index (χ0v) is 21.5. The number of carbonyl (C=O) groups excluding carboxylic acids is 2. The van der Waals surface area contributed by atoms with Crippen LogP contribution in [0.4, 0.5) is 5.82 Å². The second kappa shape index (κ2) is 10.6. The first kappa shape index (κ1) is 24.8. The molecule has 1 saturated heterocycles. The van der Waals surface area contributed by atoms with Crippen molar-refractivity contribution in [2.24, 2.45) is 0 Å². The number of methoxy groups -OCH3 is 2. The lowest BCUT2D eigenvalue weighted by Crippen LogP contribution is -2.52. The van der Waals surface area contributed by atoms with Crippen molar-refractivity contribution in [3.8, 4) is 11.5 Å². The zero-order valence-electron chi connectivity index (χ0n) is 21.5. The van der Waals surface area contributed by atoms with Gasteiger partial charge in [0.2, 0.25) is 11.8 Å². The molecule has 3 aromatic rings. The Morgan fingerprint density at radius 2 is 1.97 bits per heavy atom. The molecular weight excluding hydrogens is 474 g/mol. The average molecular weight is 508 g/mol. The van der Waals surface area contributed by atoms with Gasteiger partial charge in [0.15, 0.2) is 0 Å². The molecule has 2 aromatic heterocycles. The highest BCUT2D eigenvalue weighted by Crippen LogP contribution is 2.32. The Morgan fingerprint density at radius 3 is 2.70 bits per heavy atom. The number of anilines is 1. The quantitative estimate of drug-likeness (QED) is 0.470. The van der Waals surface area contributed by atoms with Crippen LogP contribution in [0.1, 0.15) is 43.0 Å². The van der Waals surface area contributed by atoms with Crippen LogP contribution in [-0.2, 0) is 28.9 Å². The van der Waals surface area contributed by atoms with Crippen molar-refractivity contribution < 1.29 is 19.1 Å². The zero-order chi connectivity index (χ0) is 25.9. The number of amides is 2. The molecule has 1 fully saturated rings. The number of piperidine rings is 1. The van der Waals surface area contributed by atoms with Crippen LogP contribution < -0.4 is 25.0 Å². The maximum absolute atomic E-state index is 13.3. The number of hydrogen-bond donors (Lipinski definition) is 2. The Hall–Kier alpha value is -3.89. The Bertz CT molecular complexity index is 1300. The van der Waals surface area contributed by atoms with Gasteiger partial charge in [-0.1, -0.05) is 6.07 Å². The lowest BCUT2D eigenvalue weighted by Gasteiger charge is -2.35. The molecule has 0 bridgehead atoms. The van der Waals surface area contributed by atoms with Gasteiger partial charge in [0.25, 0.3) is 5.78 Å². The molecule has 196 valence electrons. The first-order valence-electron chi connectivity index (χ1n) is 12.7. The summed E-state index contributed by atoms with van der Waals surface area (Å²) in [5, 5.41) is 10.4. The topological polar surface area (TPSA) is 123 Å². The molecule has 1 unspecified atom stereocenters. The van der Waals surface area contributed by atoms with E-state index in [4.69, 9.17) is 9.47 Å². The highest BCUT2D eigenvalue weighted by molar-refractivity contribution is 5.87. The molecule has 0 saturated carbocycles. The van der Waals surface area contributed by atoms with E-state index >= 15 is 0 Å². The Balaban J connectivity index is 1.26. The molecule has 1 aromatic carbocycles. The number of ether oxygens (including phenoxy) is 2. The van der Waals surface area contributed by atoms with Gasteiger partial charge in [-0.25, -0.2) is 4.98 Å². The second-order valence-corrected chi connectivity index (χ2v) is 9.59. The van der Waals surface area contributed by atoms with Gasteiger partial charge in [-0.3, -0.25) is 9.59 Å². The van der Waals surface area contributed by atoms with E-state index in [0.717, 1.165) is 62.3 Å². The Labute approximate surface area is 215 Å². The number of carbonyl (C=O) groups is 2. The molecule has 2 aliphatic rings. The third kappa shape index (κ3) is 5.16. The maximum atomic E-state index is 13.3. The van der Waals surface area contributed by atoms with Crippen molar-refractivity contribution in [1.29, 1.82) is 0 Å². The van der Waals surface area contributed by atoms with E-state index in [1.165, 1.54) is 12.5 Å². The molecule has 1 atom stereocenters. The molecule has 2 amide bonds. The first-order valence-corrected chi connectivity index (χ1v) is 12.7. The standard InChI is InChI=1S/C26H33N7O4/c1-16(34)29-22(13-17-7-8-19(36-2)14-23(17)37-3)24(35)30-18-9-11-32(12-10-18)25-20-5-4-6-21(20)31-26-27-15-28-33(25)26/h7-8,14-15,18,22H,4-6,9-13H2,1-3H3,(H,29,34)(H,30,35). The number of aromatic nitrogens is 4. The van der Waals surface area contributed by atoms with E-state index in [9.17, 15) is 9.59 Å². The van der Waals surface area contributed by atoms with Gasteiger partial charge in [0.1, 0.15) is 29.7 Å². The summed E-state index contributed by atoms with van der Waals surface area (Å²) < 4.78 is 12.6. The lowest BCUT2D eigenvalue weighted by atomic mass is 10.0. The predicted molar refractivity (Wildman–Crippen MR) is 137 cm³/mol. The molecule has 5 rings (SSSR count). The number of benzene rings is 1. The van der Waals surface area contributed by atoms with Crippen LogP contribution in [-0.4, -0.2) is 70.8 Å². The number of nitrogens with zero attached hydrogens (tertiary/aromatic N) is 5. The van der Waals surface area contributed by atoms with E-state index in [2.05, 4.69) is 30.6 Å². The van der Waals surface area contributed by atoms with Crippen molar-refractivity contribution in [3.63, 3.8) is 0 Å². The summed E-state index contributed by atoms with van der Waals surface area (Å²) >= 11 is 0. The molecule has 1 aliphatic heterocycles. The molecule has 1 aliphatic carbocycles. The number of hydrogen-bond acceptors (Lipinski definition) is 8. The van der Waals surface area contributed by atoms with E-state index in [1.807, 2.05) is 16.6 Å². The third-order valence-electron chi connectivity index (χ3n) is 7.18. The summed E-state index contributed by atoms with van der Waals surface area (Å²) in [5.74, 6) is 2.54. The van der Waals surface area contributed by atoms with Gasteiger partial charge in [-0.2, -0.15) is 14.6 Å². The maximum Gasteiger partial charge on any atom is 0.254 e. The molecule has 3 heterocycles. The van der Waals surface area contributed by atoms with Gasteiger partial charge < -0.3 is 25.0 Å². The van der Waals surface area contributed by atoms with Crippen LogP contribution in [0.5, 0.6) is 11.5 Å². The van der Waals surface area contributed by atoms with Crippen LogP contribution in [0.25, 0.3) is 5.78 Å². The van der Waals surface area contributed by atoms with Crippen LogP contribution in [0.3, 0.4) is 0 Å². The number of nitrogens with one attached hydrogen (secondary N) is 2. The number of fused-ring (bicyclic) bond motifs is 2. The SMILES string of the molecule is COc1ccc(CC(NC(C)=O)C(=O)NC2CCN(c3c4c(nc5ncnn35)CCC4)CC2)c(OC)c1. The fourth-order valence-corrected chi connectivity index (χ4v) is 5.36. The van der Waals surface area contributed by atoms with Crippen molar-refractivity contribution in [3.05, 3.63) is 41.3 Å². The Kier molecular flexibility index (Phi) is 7.11. The number of rotatable bonds is 8. The summed E-state index contributed by atoms with van der Waals surface area (Å²) in [5.41, 5.74) is 3.20. The van der Waals surface area contributed by atoms with Crippen molar-refractivity contribution in [2.45, 2.75) is 57.5 Å². The summed E-state index contributed by atoms with van der Waals surface area (Å²) in [6, 6.07) is 4.75. The molecular formula is C26H33N7O4. The minimum Gasteiger partial charge on any atom is -0.497 e. The van der Waals surface area contributed by atoms with Crippen molar-refractivity contribution in [1.82, 2.24) is 30.2 Å². The van der Waals surface area contributed by atoms with Crippen molar-refractivity contribution >= 4 is 23.4 Å². The molecule has 37 heavy (non-hydrogen) atoms. The van der Waals surface area contributed by atoms with E-state index < -0.39 is 6.04 Å². The fraction of sp³-hybridized carbons (Fsp3) is 0.500. The van der Waals surface area contributed by atoms with Gasteiger partial charge in [-0.15, -0.1) is 0 Å². The minimum absolute atomic E-state index is 0.0129. The predicted octanol–water partition coefficient (Wildman–Crippen LogP) is 1.46. The first-order chi connectivity index (χ1) is 18.0. The molecule has 11 heteroatoms. The van der Waals surface area contributed by atoms with Crippen molar-refractivity contribution in [2.75, 3.05) is 32.2 Å². The normalized spacial score (nSPS) is 16.4. The minimum atomic E-state index is -0.712. The lowest BCUT2D eigenvalue weighted by molar-refractivity contribution is -0.128. The Morgan fingerprint density at radius 1 is 1.16 bits per heavy atom. The summed E-state index contributed by atoms with van der Waals surface area (Å²) in [4.78, 5) is 36.5. The summed E-state index contributed by atoms with van der Waals surface area (Å²) in [7, 11) is 3.16. The molecule has 11 nitrogen and oxygen atoms in total. The van der Waals surface area contributed by atoms with Crippen LogP contribution in [0, 0.1) is 0 Å². The molecule has 0 radical (unpaired) electrons. The molecule has 2 N–H and O–H groups in total. The van der Waals surface area contributed by atoms with E-state index in [1.54, 1.807) is 26.6 Å². The monoisotopic (exact) mass is 507 g/mol. The van der Waals surface area contributed by atoms with Gasteiger partial charge >= 0.3 is 0 Å².